The lowest BCUT2D eigenvalue weighted by atomic mass is 10.3. The molecule has 0 bridgehead atoms. The van der Waals surface area contributed by atoms with Gasteiger partial charge in [0.25, 0.3) is 0 Å². The Balaban J connectivity index is 1.57. The van der Waals surface area contributed by atoms with Crippen molar-refractivity contribution in [3.63, 3.8) is 0 Å². The zero-order valence-corrected chi connectivity index (χ0v) is 16.7. The van der Waals surface area contributed by atoms with Crippen LogP contribution in [0.25, 0.3) is 0 Å². The van der Waals surface area contributed by atoms with Gasteiger partial charge in [-0.15, -0.1) is 24.9 Å². The van der Waals surface area contributed by atoms with Gasteiger partial charge in [0.15, 0.2) is 0 Å². The van der Waals surface area contributed by atoms with Gasteiger partial charge in [0.1, 0.15) is 5.75 Å². The van der Waals surface area contributed by atoms with E-state index in [-0.39, 0.29) is 23.8 Å². The molecule has 3 rings (SSSR count). The number of ether oxygens (including phenoxy) is 1. The van der Waals surface area contributed by atoms with Crippen molar-refractivity contribution in [1.29, 1.82) is 0 Å². The number of imide groups is 1. The minimum atomic E-state index is -4.84. The highest BCUT2D eigenvalue weighted by Gasteiger charge is 2.40. The minimum absolute atomic E-state index is 0.0570. The van der Waals surface area contributed by atoms with E-state index < -0.39 is 29.2 Å². The first kappa shape index (κ1) is 22.0. The Morgan fingerprint density at radius 2 is 1.77 bits per heavy atom. The molecule has 2 aromatic rings. The van der Waals surface area contributed by atoms with Gasteiger partial charge in [0.2, 0.25) is 17.7 Å². The van der Waals surface area contributed by atoms with Gasteiger partial charge < -0.3 is 10.1 Å². The Labute approximate surface area is 178 Å². The number of hydrogen-bond donors (Lipinski definition) is 1. The molecule has 0 radical (unpaired) electrons. The standard InChI is InChI=1S/C19H14ClF3N2O4S/c20-11-1-3-12(4-2-11)24-16(26)10-30-15-9-17(27)25(18(15)28)13-5-7-14(8-6-13)29-19(21,22)23/h1-8,15H,9-10H2,(H,24,26). The number of rotatable bonds is 6. The lowest BCUT2D eigenvalue weighted by Crippen LogP contribution is -2.31. The molecule has 158 valence electrons. The third-order valence-corrected chi connectivity index (χ3v) is 5.43. The van der Waals surface area contributed by atoms with Crippen molar-refractivity contribution in [2.75, 3.05) is 16.0 Å². The predicted octanol–water partition coefficient (Wildman–Crippen LogP) is 4.24. The number of alkyl halides is 3. The van der Waals surface area contributed by atoms with E-state index >= 15 is 0 Å². The fourth-order valence-electron chi connectivity index (χ4n) is 2.71. The van der Waals surface area contributed by atoms with E-state index in [4.69, 9.17) is 11.6 Å². The van der Waals surface area contributed by atoms with E-state index in [0.717, 1.165) is 28.8 Å². The predicted molar refractivity (Wildman–Crippen MR) is 107 cm³/mol. The highest BCUT2D eigenvalue weighted by Crippen LogP contribution is 2.31. The molecule has 0 saturated carbocycles. The Hall–Kier alpha value is -2.72. The molecule has 0 aromatic heterocycles. The molecule has 1 atom stereocenters. The molecule has 3 amide bonds. The number of thioether (sulfide) groups is 1. The average Bonchev–Trinajstić information content (AvgIpc) is 2.95. The number of amides is 3. The maximum absolute atomic E-state index is 12.6. The first-order valence-electron chi connectivity index (χ1n) is 8.52. The quantitative estimate of drug-likeness (QED) is 0.655. The number of carbonyl (C=O) groups is 3. The SMILES string of the molecule is O=C(CSC1CC(=O)N(c2ccc(OC(F)(F)F)cc2)C1=O)Nc1ccc(Cl)cc1. The van der Waals surface area contributed by atoms with Gasteiger partial charge in [-0.2, -0.15) is 0 Å². The maximum Gasteiger partial charge on any atom is 0.573 e. The van der Waals surface area contributed by atoms with Gasteiger partial charge in [-0.05, 0) is 48.5 Å². The molecular weight excluding hydrogens is 445 g/mol. The van der Waals surface area contributed by atoms with Crippen molar-refractivity contribution in [2.45, 2.75) is 18.0 Å². The summed E-state index contributed by atoms with van der Waals surface area (Å²) < 4.78 is 40.5. The molecule has 1 N–H and O–H groups in total. The van der Waals surface area contributed by atoms with Gasteiger partial charge in [-0.1, -0.05) is 11.6 Å². The first-order valence-corrected chi connectivity index (χ1v) is 9.95. The smallest absolute Gasteiger partial charge is 0.406 e. The van der Waals surface area contributed by atoms with Crippen LogP contribution >= 0.6 is 23.4 Å². The second-order valence-corrected chi connectivity index (χ2v) is 7.80. The van der Waals surface area contributed by atoms with Crippen LogP contribution in [0.2, 0.25) is 5.02 Å². The van der Waals surface area contributed by atoms with Crippen molar-refractivity contribution >= 4 is 52.5 Å². The fourth-order valence-corrected chi connectivity index (χ4v) is 3.77. The largest absolute Gasteiger partial charge is 0.573 e. The summed E-state index contributed by atoms with van der Waals surface area (Å²) in [6.07, 6.45) is -4.95. The van der Waals surface area contributed by atoms with Gasteiger partial charge in [-0.3, -0.25) is 14.4 Å². The molecule has 6 nitrogen and oxygen atoms in total. The number of halogens is 4. The summed E-state index contributed by atoms with van der Waals surface area (Å²) in [5.41, 5.74) is 0.676. The topological polar surface area (TPSA) is 75.7 Å². The molecule has 1 unspecified atom stereocenters. The third kappa shape index (κ3) is 5.67. The molecule has 0 aliphatic carbocycles. The molecule has 0 spiro atoms. The van der Waals surface area contributed by atoms with Crippen molar-refractivity contribution in [3.05, 3.63) is 53.6 Å². The molecule has 30 heavy (non-hydrogen) atoms. The molecule has 1 aliphatic heterocycles. The van der Waals surface area contributed by atoms with E-state index in [1.54, 1.807) is 24.3 Å². The number of hydrogen-bond acceptors (Lipinski definition) is 5. The maximum atomic E-state index is 12.6. The molecule has 1 saturated heterocycles. The normalized spacial score (nSPS) is 16.7. The number of nitrogens with zero attached hydrogens (tertiary/aromatic N) is 1. The lowest BCUT2D eigenvalue weighted by molar-refractivity contribution is -0.274. The van der Waals surface area contributed by atoms with Crippen LogP contribution in [0, 0.1) is 0 Å². The van der Waals surface area contributed by atoms with E-state index in [2.05, 4.69) is 10.1 Å². The van der Waals surface area contributed by atoms with Crippen LogP contribution in [0.3, 0.4) is 0 Å². The Bertz CT molecular complexity index is 952. The molecule has 2 aromatic carbocycles. The highest BCUT2D eigenvalue weighted by atomic mass is 35.5. The fraction of sp³-hybridized carbons (Fsp3) is 0.211. The zero-order valence-electron chi connectivity index (χ0n) is 15.1. The summed E-state index contributed by atoms with van der Waals surface area (Å²) in [5.74, 6) is -1.91. The zero-order chi connectivity index (χ0) is 21.9. The van der Waals surface area contributed by atoms with Crippen molar-refractivity contribution in [3.8, 4) is 5.75 Å². The second-order valence-electron chi connectivity index (χ2n) is 6.17. The van der Waals surface area contributed by atoms with Crippen LogP contribution in [-0.4, -0.2) is 35.1 Å². The molecular formula is C19H14ClF3N2O4S. The summed E-state index contributed by atoms with van der Waals surface area (Å²) in [6, 6.07) is 10.9. The second kappa shape index (κ2) is 8.97. The molecule has 11 heteroatoms. The summed E-state index contributed by atoms with van der Waals surface area (Å²) in [7, 11) is 0. The van der Waals surface area contributed by atoms with Crippen LogP contribution in [0.1, 0.15) is 6.42 Å². The van der Waals surface area contributed by atoms with Crippen molar-refractivity contribution in [1.82, 2.24) is 0 Å². The van der Waals surface area contributed by atoms with Crippen LogP contribution in [-0.2, 0) is 14.4 Å². The number of carbonyl (C=O) groups excluding carboxylic acids is 3. The molecule has 1 fully saturated rings. The number of nitrogens with one attached hydrogen (secondary N) is 1. The summed E-state index contributed by atoms with van der Waals surface area (Å²) in [5, 5.41) is 2.41. The van der Waals surface area contributed by atoms with Gasteiger partial charge in [-0.25, -0.2) is 4.90 Å². The van der Waals surface area contributed by atoms with E-state index in [1.807, 2.05) is 0 Å². The summed E-state index contributed by atoms with van der Waals surface area (Å²) >= 11 is 6.79. The summed E-state index contributed by atoms with van der Waals surface area (Å²) in [4.78, 5) is 37.8. The van der Waals surface area contributed by atoms with E-state index in [9.17, 15) is 27.6 Å². The monoisotopic (exact) mass is 458 g/mol. The van der Waals surface area contributed by atoms with Crippen molar-refractivity contribution in [2.24, 2.45) is 0 Å². The van der Waals surface area contributed by atoms with E-state index in [1.165, 1.54) is 12.1 Å². The average molecular weight is 459 g/mol. The number of benzene rings is 2. The minimum Gasteiger partial charge on any atom is -0.406 e. The van der Waals surface area contributed by atoms with Crippen molar-refractivity contribution < 1.29 is 32.3 Å². The van der Waals surface area contributed by atoms with Crippen LogP contribution < -0.4 is 15.0 Å². The highest BCUT2D eigenvalue weighted by molar-refractivity contribution is 8.01. The third-order valence-electron chi connectivity index (χ3n) is 3.98. The van der Waals surface area contributed by atoms with E-state index in [0.29, 0.717) is 10.7 Å². The molecule has 1 heterocycles. The van der Waals surface area contributed by atoms with Crippen LogP contribution in [0.4, 0.5) is 24.5 Å². The number of anilines is 2. The Morgan fingerprint density at radius 1 is 1.13 bits per heavy atom. The van der Waals surface area contributed by atoms with Crippen LogP contribution in [0.5, 0.6) is 5.75 Å². The Kier molecular flexibility index (Phi) is 6.57. The van der Waals surface area contributed by atoms with Crippen LogP contribution in [0.15, 0.2) is 48.5 Å². The van der Waals surface area contributed by atoms with Gasteiger partial charge >= 0.3 is 6.36 Å². The van der Waals surface area contributed by atoms with Gasteiger partial charge in [0.05, 0.1) is 16.7 Å². The first-order chi connectivity index (χ1) is 14.1. The summed E-state index contributed by atoms with van der Waals surface area (Å²) in [6.45, 7) is 0. The Morgan fingerprint density at radius 3 is 2.37 bits per heavy atom. The lowest BCUT2D eigenvalue weighted by Gasteiger charge is -2.16. The van der Waals surface area contributed by atoms with Gasteiger partial charge in [0, 0.05) is 17.1 Å². The molecule has 1 aliphatic rings.